The van der Waals surface area contributed by atoms with Gasteiger partial charge < -0.3 is 14.6 Å². The lowest BCUT2D eigenvalue weighted by Crippen LogP contribution is -2.43. The predicted molar refractivity (Wildman–Crippen MR) is 48.5 cm³/mol. The fraction of sp³-hybridized carbons (Fsp3) is 0.889. The minimum absolute atomic E-state index is 0.439. The van der Waals surface area contributed by atoms with Crippen LogP contribution in [0.15, 0.2) is 0 Å². The van der Waals surface area contributed by atoms with Gasteiger partial charge in [0, 0.05) is 13.2 Å². The van der Waals surface area contributed by atoms with Crippen LogP contribution < -0.4 is 0 Å². The van der Waals surface area contributed by atoms with Crippen molar-refractivity contribution in [1.29, 1.82) is 0 Å². The number of carboxylic acid groups (broad SMARTS) is 1. The van der Waals surface area contributed by atoms with E-state index in [2.05, 4.69) is 0 Å². The van der Waals surface area contributed by atoms with Gasteiger partial charge in [0.25, 0.3) is 0 Å². The molecular formula is C9H18O4. The standard InChI is InChI=1S/C9H18O4/c1-5-12-9(4,13-6-2)7(3)8(10)11/h7H,5-6H2,1-4H3,(H,10,11). The number of carboxylic acids is 1. The Morgan fingerprint density at radius 3 is 2.00 bits per heavy atom. The Hall–Kier alpha value is -0.610. The molecule has 0 spiro atoms. The van der Waals surface area contributed by atoms with Crippen LogP contribution in [0.5, 0.6) is 0 Å². The molecule has 0 aliphatic heterocycles. The summed E-state index contributed by atoms with van der Waals surface area (Å²) in [6, 6.07) is 0. The molecule has 0 bridgehead atoms. The van der Waals surface area contributed by atoms with Crippen LogP contribution in [-0.4, -0.2) is 30.1 Å². The molecule has 1 atom stereocenters. The molecule has 0 aromatic heterocycles. The van der Waals surface area contributed by atoms with E-state index < -0.39 is 17.7 Å². The zero-order valence-electron chi connectivity index (χ0n) is 8.66. The van der Waals surface area contributed by atoms with E-state index in [1.54, 1.807) is 13.8 Å². The van der Waals surface area contributed by atoms with Gasteiger partial charge in [0.2, 0.25) is 0 Å². The molecule has 0 aliphatic rings. The highest BCUT2D eigenvalue weighted by molar-refractivity contribution is 5.70. The van der Waals surface area contributed by atoms with Gasteiger partial charge in [0.15, 0.2) is 5.79 Å². The predicted octanol–water partition coefficient (Wildman–Crippen LogP) is 1.50. The van der Waals surface area contributed by atoms with Crippen molar-refractivity contribution in [3.8, 4) is 0 Å². The van der Waals surface area contributed by atoms with Gasteiger partial charge >= 0.3 is 5.97 Å². The molecule has 0 radical (unpaired) electrons. The van der Waals surface area contributed by atoms with E-state index in [0.29, 0.717) is 13.2 Å². The van der Waals surface area contributed by atoms with Gasteiger partial charge in [-0.1, -0.05) is 0 Å². The molecule has 0 saturated heterocycles. The van der Waals surface area contributed by atoms with Crippen LogP contribution in [0.1, 0.15) is 27.7 Å². The highest BCUT2D eigenvalue weighted by Crippen LogP contribution is 2.23. The van der Waals surface area contributed by atoms with E-state index in [1.807, 2.05) is 13.8 Å². The smallest absolute Gasteiger partial charge is 0.311 e. The Bertz CT molecular complexity index is 161. The summed E-state index contributed by atoms with van der Waals surface area (Å²) in [5, 5.41) is 8.81. The van der Waals surface area contributed by atoms with Crippen molar-refractivity contribution in [2.24, 2.45) is 5.92 Å². The van der Waals surface area contributed by atoms with Crippen molar-refractivity contribution in [2.45, 2.75) is 33.5 Å². The number of aliphatic carboxylic acids is 1. The minimum Gasteiger partial charge on any atom is -0.481 e. The molecule has 0 amide bonds. The number of hydrogen-bond acceptors (Lipinski definition) is 3. The summed E-state index contributed by atoms with van der Waals surface area (Å²) < 4.78 is 10.6. The molecular weight excluding hydrogens is 172 g/mol. The quantitative estimate of drug-likeness (QED) is 0.645. The van der Waals surface area contributed by atoms with Gasteiger partial charge in [-0.2, -0.15) is 0 Å². The third-order valence-electron chi connectivity index (χ3n) is 2.02. The van der Waals surface area contributed by atoms with Gasteiger partial charge in [-0.15, -0.1) is 0 Å². The topological polar surface area (TPSA) is 55.8 Å². The maximum absolute atomic E-state index is 10.7. The van der Waals surface area contributed by atoms with E-state index in [4.69, 9.17) is 14.6 Å². The zero-order valence-corrected chi connectivity index (χ0v) is 8.66. The van der Waals surface area contributed by atoms with Gasteiger partial charge in [0.1, 0.15) is 5.92 Å². The fourth-order valence-electron chi connectivity index (χ4n) is 1.09. The first-order valence-electron chi connectivity index (χ1n) is 4.48. The SMILES string of the molecule is CCOC(C)(OCC)C(C)C(=O)O. The Balaban J connectivity index is 4.45. The normalized spacial score (nSPS) is 14.2. The van der Waals surface area contributed by atoms with Crippen molar-refractivity contribution in [1.82, 2.24) is 0 Å². The van der Waals surface area contributed by atoms with E-state index in [9.17, 15) is 4.79 Å². The zero-order chi connectivity index (χ0) is 10.5. The van der Waals surface area contributed by atoms with E-state index in [-0.39, 0.29) is 0 Å². The van der Waals surface area contributed by atoms with Crippen LogP contribution in [0.2, 0.25) is 0 Å². The van der Waals surface area contributed by atoms with Crippen LogP contribution in [0.25, 0.3) is 0 Å². The summed E-state index contributed by atoms with van der Waals surface area (Å²) in [7, 11) is 0. The molecule has 0 aromatic carbocycles. The van der Waals surface area contributed by atoms with Crippen molar-refractivity contribution >= 4 is 5.97 Å². The highest BCUT2D eigenvalue weighted by Gasteiger charge is 2.37. The molecule has 1 unspecified atom stereocenters. The van der Waals surface area contributed by atoms with E-state index >= 15 is 0 Å². The minimum atomic E-state index is -1.02. The second kappa shape index (κ2) is 5.19. The molecule has 78 valence electrons. The molecule has 0 saturated carbocycles. The van der Waals surface area contributed by atoms with Crippen LogP contribution in [0.3, 0.4) is 0 Å². The van der Waals surface area contributed by atoms with Gasteiger partial charge in [-0.3, -0.25) is 4.79 Å². The van der Waals surface area contributed by atoms with Gasteiger partial charge in [0.05, 0.1) is 0 Å². The maximum atomic E-state index is 10.7. The average Bonchev–Trinajstić information content (AvgIpc) is 2.03. The Labute approximate surface area is 78.8 Å². The summed E-state index contributed by atoms with van der Waals surface area (Å²) in [4.78, 5) is 10.7. The molecule has 1 N–H and O–H groups in total. The van der Waals surface area contributed by atoms with Gasteiger partial charge in [-0.25, -0.2) is 0 Å². The lowest BCUT2D eigenvalue weighted by atomic mass is 10.0. The molecule has 4 heteroatoms. The Morgan fingerprint density at radius 2 is 1.77 bits per heavy atom. The van der Waals surface area contributed by atoms with Crippen molar-refractivity contribution in [3.63, 3.8) is 0 Å². The molecule has 0 aromatic rings. The average molecular weight is 190 g/mol. The first-order valence-corrected chi connectivity index (χ1v) is 4.48. The third kappa shape index (κ3) is 3.32. The monoisotopic (exact) mass is 190 g/mol. The fourth-order valence-corrected chi connectivity index (χ4v) is 1.09. The first kappa shape index (κ1) is 12.4. The van der Waals surface area contributed by atoms with Crippen molar-refractivity contribution < 1.29 is 19.4 Å². The largest absolute Gasteiger partial charge is 0.481 e. The van der Waals surface area contributed by atoms with Crippen molar-refractivity contribution in [3.05, 3.63) is 0 Å². The molecule has 0 fully saturated rings. The lowest BCUT2D eigenvalue weighted by Gasteiger charge is -2.32. The molecule has 13 heavy (non-hydrogen) atoms. The summed E-state index contributed by atoms with van der Waals surface area (Å²) in [6.07, 6.45) is 0. The maximum Gasteiger partial charge on any atom is 0.311 e. The summed E-state index contributed by atoms with van der Waals surface area (Å²) in [6.45, 7) is 7.73. The van der Waals surface area contributed by atoms with Crippen LogP contribution >= 0.6 is 0 Å². The summed E-state index contributed by atoms with van der Waals surface area (Å²) in [5.74, 6) is -2.60. The number of hydrogen-bond donors (Lipinski definition) is 1. The molecule has 0 rings (SSSR count). The second-order valence-electron chi connectivity index (χ2n) is 2.94. The number of carbonyl (C=O) groups is 1. The molecule has 4 nitrogen and oxygen atoms in total. The van der Waals surface area contributed by atoms with Crippen molar-refractivity contribution in [2.75, 3.05) is 13.2 Å². The lowest BCUT2D eigenvalue weighted by molar-refractivity contribution is -0.249. The highest BCUT2D eigenvalue weighted by atomic mass is 16.7. The third-order valence-corrected chi connectivity index (χ3v) is 2.02. The number of ether oxygens (including phenoxy) is 2. The Kier molecular flexibility index (Phi) is 4.95. The number of rotatable bonds is 6. The molecule has 0 heterocycles. The summed E-state index contributed by atoms with van der Waals surface area (Å²) >= 11 is 0. The van der Waals surface area contributed by atoms with E-state index in [0.717, 1.165) is 0 Å². The van der Waals surface area contributed by atoms with E-state index in [1.165, 1.54) is 0 Å². The summed E-state index contributed by atoms with van der Waals surface area (Å²) in [5.41, 5.74) is 0. The van der Waals surface area contributed by atoms with Gasteiger partial charge in [-0.05, 0) is 27.7 Å². The van der Waals surface area contributed by atoms with Crippen LogP contribution in [0, 0.1) is 5.92 Å². The first-order chi connectivity index (χ1) is 5.98. The Morgan fingerprint density at radius 1 is 1.38 bits per heavy atom. The molecule has 0 aliphatic carbocycles. The van der Waals surface area contributed by atoms with Crippen LogP contribution in [-0.2, 0) is 14.3 Å². The second-order valence-corrected chi connectivity index (χ2v) is 2.94. The van der Waals surface area contributed by atoms with Crippen LogP contribution in [0.4, 0.5) is 0 Å².